The Bertz CT molecular complexity index is 451. The molecule has 0 aromatic carbocycles. The number of carbonyl (C=O) groups is 1. The van der Waals surface area contributed by atoms with Crippen molar-refractivity contribution < 1.29 is 31.2 Å². The summed E-state index contributed by atoms with van der Waals surface area (Å²) >= 11 is 0. The van der Waals surface area contributed by atoms with E-state index in [0.717, 1.165) is 20.2 Å². The second kappa shape index (κ2) is 8.47. The summed E-state index contributed by atoms with van der Waals surface area (Å²) in [5.74, 6) is -0.314. The molecule has 0 fully saturated rings. The molecule has 126 valence electrons. The molecular weight excluding hydrogens is 298 g/mol. The Morgan fingerprint density at radius 2 is 1.62 bits per heavy atom. The molecule has 0 aliphatic carbocycles. The Balaban J connectivity index is 0. The van der Waals surface area contributed by atoms with Gasteiger partial charge in [0, 0.05) is 19.4 Å². The topological polar surface area (TPSA) is 92.7 Å². The molecule has 0 spiro atoms. The van der Waals surface area contributed by atoms with Crippen molar-refractivity contribution >= 4 is 16.4 Å². The van der Waals surface area contributed by atoms with Gasteiger partial charge < -0.3 is 9.29 Å². The van der Waals surface area contributed by atoms with Crippen LogP contribution in [0.5, 0.6) is 0 Å². The third kappa shape index (κ3) is 8.15. The molecule has 0 aliphatic heterocycles. The van der Waals surface area contributed by atoms with E-state index in [1.807, 2.05) is 13.8 Å². The molecule has 0 amide bonds. The molecule has 0 saturated heterocycles. The van der Waals surface area contributed by atoms with Crippen LogP contribution in [0, 0.1) is 0 Å². The molecule has 7 nitrogen and oxygen atoms in total. The van der Waals surface area contributed by atoms with Crippen LogP contribution in [0.15, 0.2) is 12.2 Å². The maximum Gasteiger partial charge on any atom is 0.337 e. The maximum atomic E-state index is 11.5. The lowest BCUT2D eigenvalue weighted by atomic mass is 10.2. The average molecular weight is 325 g/mol. The van der Waals surface area contributed by atoms with Gasteiger partial charge in [0.2, 0.25) is 16.1 Å². The van der Waals surface area contributed by atoms with Crippen molar-refractivity contribution in [1.29, 1.82) is 0 Å². The highest BCUT2D eigenvalue weighted by Gasteiger charge is 2.41. The maximum absolute atomic E-state index is 11.5. The third-order valence-corrected chi connectivity index (χ3v) is 4.00. The van der Waals surface area contributed by atoms with Gasteiger partial charge in [-0.1, -0.05) is 6.58 Å². The summed E-state index contributed by atoms with van der Waals surface area (Å²) in [5.41, 5.74) is -0.0682. The van der Waals surface area contributed by atoms with E-state index < -0.39 is 16.1 Å². The number of rotatable bonds is 6. The number of nitrogens with zero attached hydrogens (tertiary/aromatic N) is 1. The van der Waals surface area contributed by atoms with Crippen LogP contribution in [0.25, 0.3) is 0 Å². The molecule has 0 bridgehead atoms. The van der Waals surface area contributed by atoms with E-state index >= 15 is 0 Å². The Hall–Kier alpha value is -0.960. The second-order valence-electron chi connectivity index (χ2n) is 5.22. The highest BCUT2D eigenvalue weighted by Crippen LogP contribution is 2.24. The number of esters is 1. The van der Waals surface area contributed by atoms with Gasteiger partial charge in [0.15, 0.2) is 0 Å². The number of hydrogen-bond acceptors (Lipinski definition) is 6. The molecule has 0 radical (unpaired) electrons. The first-order valence-electron chi connectivity index (χ1n) is 6.51. The summed E-state index contributed by atoms with van der Waals surface area (Å²) in [6, 6.07) is 0. The fourth-order valence-electron chi connectivity index (χ4n) is 1.41. The van der Waals surface area contributed by atoms with Crippen molar-refractivity contribution in [3.05, 3.63) is 12.2 Å². The normalized spacial score (nSPS) is 12.2. The Morgan fingerprint density at radius 3 is 1.81 bits per heavy atom. The monoisotopic (exact) mass is 325 g/mol. The van der Waals surface area contributed by atoms with Crippen molar-refractivity contribution in [2.45, 2.75) is 40.3 Å². The van der Waals surface area contributed by atoms with Crippen LogP contribution in [-0.4, -0.2) is 56.4 Å². The third-order valence-electron chi connectivity index (χ3n) is 3.59. The number of hydrogen-bond donors (Lipinski definition) is 0. The van der Waals surface area contributed by atoms with Crippen LogP contribution in [0.4, 0.5) is 0 Å². The first kappa shape index (κ1) is 22.3. The van der Waals surface area contributed by atoms with Crippen LogP contribution in [0.3, 0.4) is 0 Å². The average Bonchev–Trinajstić information content (AvgIpc) is 2.36. The van der Waals surface area contributed by atoms with E-state index in [9.17, 15) is 17.8 Å². The van der Waals surface area contributed by atoms with Crippen molar-refractivity contribution in [3.8, 4) is 0 Å². The van der Waals surface area contributed by atoms with Gasteiger partial charge in [-0.2, -0.15) is 0 Å². The number of carbonyl (C=O) groups excluding carboxylic acids is 1. The standard InChI is InChI=1S/C12H24NO2.CH4O4S/c1-8-13(7,9-2)12(5,6)15-11(14)10(3)4;1-5-6(2,3)4/h3,8-9H2,1-2,4-7H3;1H3,(H,2,3,4)/q+1;/p-1. The molecule has 0 unspecified atom stereocenters. The number of ether oxygens (including phenoxy) is 1. The first-order chi connectivity index (χ1) is 9.26. The van der Waals surface area contributed by atoms with E-state index in [4.69, 9.17) is 4.74 Å². The van der Waals surface area contributed by atoms with Crippen LogP contribution >= 0.6 is 0 Å². The van der Waals surface area contributed by atoms with Gasteiger partial charge in [-0.05, 0) is 20.8 Å². The molecule has 0 saturated carbocycles. The van der Waals surface area contributed by atoms with Gasteiger partial charge in [-0.15, -0.1) is 0 Å². The van der Waals surface area contributed by atoms with Crippen LogP contribution < -0.4 is 0 Å². The van der Waals surface area contributed by atoms with Crippen LogP contribution in [-0.2, 0) is 24.1 Å². The highest BCUT2D eigenvalue weighted by molar-refractivity contribution is 7.80. The fraction of sp³-hybridized carbons (Fsp3) is 0.769. The predicted octanol–water partition coefficient (Wildman–Crippen LogP) is 1.42. The number of quaternary nitrogens is 1. The van der Waals surface area contributed by atoms with E-state index in [2.05, 4.69) is 31.7 Å². The molecule has 8 heteroatoms. The van der Waals surface area contributed by atoms with Crippen molar-refractivity contribution in [1.82, 2.24) is 0 Å². The molecular formula is C13H27NO6S. The van der Waals surface area contributed by atoms with Gasteiger partial charge >= 0.3 is 5.97 Å². The van der Waals surface area contributed by atoms with Crippen LogP contribution in [0.2, 0.25) is 0 Å². The minimum atomic E-state index is -4.41. The van der Waals surface area contributed by atoms with Gasteiger partial charge in [-0.25, -0.2) is 13.2 Å². The van der Waals surface area contributed by atoms with E-state index in [0.29, 0.717) is 10.1 Å². The summed E-state index contributed by atoms with van der Waals surface area (Å²) in [6.45, 7) is 15.2. The van der Waals surface area contributed by atoms with E-state index in [1.165, 1.54) is 0 Å². The SMILES string of the molecule is C=C(C)C(=O)OC(C)(C)[N+](C)(CC)CC.COS(=O)(=O)[O-]. The summed E-state index contributed by atoms with van der Waals surface area (Å²) in [5, 5.41) is 0. The lowest BCUT2D eigenvalue weighted by molar-refractivity contribution is -0.974. The van der Waals surface area contributed by atoms with Crippen molar-refractivity contribution in [2.75, 3.05) is 27.2 Å². The van der Waals surface area contributed by atoms with E-state index in [-0.39, 0.29) is 5.97 Å². The summed E-state index contributed by atoms with van der Waals surface area (Å²) in [4.78, 5) is 11.5. The summed E-state index contributed by atoms with van der Waals surface area (Å²) < 4.78 is 37.2. The summed E-state index contributed by atoms with van der Waals surface area (Å²) in [6.07, 6.45) is 0. The van der Waals surface area contributed by atoms with E-state index in [1.54, 1.807) is 6.92 Å². The summed E-state index contributed by atoms with van der Waals surface area (Å²) in [7, 11) is -1.52. The molecule has 21 heavy (non-hydrogen) atoms. The highest BCUT2D eigenvalue weighted by atomic mass is 32.3. The smallest absolute Gasteiger partial charge is 0.337 e. The van der Waals surface area contributed by atoms with Crippen LogP contribution in [0.1, 0.15) is 34.6 Å². The zero-order valence-corrected chi connectivity index (χ0v) is 14.7. The Kier molecular flexibility index (Phi) is 9.01. The quantitative estimate of drug-likeness (QED) is 0.183. The largest absolute Gasteiger partial charge is 0.726 e. The van der Waals surface area contributed by atoms with Gasteiger partial charge in [0.1, 0.15) is 0 Å². The zero-order valence-electron chi connectivity index (χ0n) is 13.9. The Morgan fingerprint density at radius 1 is 1.29 bits per heavy atom. The van der Waals surface area contributed by atoms with Gasteiger partial charge in [0.25, 0.3) is 0 Å². The molecule has 0 rings (SSSR count). The molecule has 0 heterocycles. The fourth-order valence-corrected chi connectivity index (χ4v) is 1.41. The molecule has 0 aromatic heterocycles. The van der Waals surface area contributed by atoms with Crippen molar-refractivity contribution in [3.63, 3.8) is 0 Å². The first-order valence-corrected chi connectivity index (χ1v) is 7.84. The molecule has 0 atom stereocenters. The molecule has 0 aromatic rings. The zero-order chi connectivity index (χ0) is 17.5. The minimum absolute atomic E-state index is 0.314. The lowest BCUT2D eigenvalue weighted by Gasteiger charge is -2.44. The van der Waals surface area contributed by atoms with Crippen molar-refractivity contribution in [2.24, 2.45) is 0 Å². The molecule has 0 N–H and O–H groups in total. The molecule has 0 aliphatic rings. The Labute approximate surface area is 128 Å². The minimum Gasteiger partial charge on any atom is -0.726 e. The second-order valence-corrected chi connectivity index (χ2v) is 6.37. The lowest BCUT2D eigenvalue weighted by Crippen LogP contribution is -2.60. The van der Waals surface area contributed by atoms with Gasteiger partial charge in [-0.3, -0.25) is 8.67 Å². The predicted molar refractivity (Wildman–Crippen MR) is 79.0 cm³/mol. The van der Waals surface area contributed by atoms with Gasteiger partial charge in [0.05, 0.1) is 27.2 Å².